The second kappa shape index (κ2) is 10.4. The van der Waals surface area contributed by atoms with Crippen LogP contribution in [-0.4, -0.2) is 0 Å². The largest absolute Gasteiger partial charge is 0.0769 e. The molecule has 35 heavy (non-hydrogen) atoms. The van der Waals surface area contributed by atoms with Crippen LogP contribution in [0.3, 0.4) is 0 Å². The topological polar surface area (TPSA) is 0 Å². The molecule has 8 atom stereocenters. The Morgan fingerprint density at radius 1 is 0.943 bits per heavy atom. The third-order valence-electron chi connectivity index (χ3n) is 11.6. The highest BCUT2D eigenvalue weighted by atomic mass is 35.7. The number of fused-ring (bicyclic) bond motifs is 5. The fourth-order valence-corrected chi connectivity index (χ4v) is 10.3. The zero-order valence-electron chi connectivity index (χ0n) is 23.0. The molecule has 0 heterocycles. The molecule has 0 amide bonds. The van der Waals surface area contributed by atoms with Crippen molar-refractivity contribution in [3.63, 3.8) is 0 Å². The minimum absolute atomic E-state index is 0.452. The maximum Gasteiger partial charge on any atom is 0.0233 e. The lowest BCUT2D eigenvalue weighted by Crippen LogP contribution is -2.52. The van der Waals surface area contributed by atoms with Crippen molar-refractivity contribution in [1.82, 2.24) is 0 Å². The van der Waals surface area contributed by atoms with Gasteiger partial charge in [0.25, 0.3) is 0 Å². The summed E-state index contributed by atoms with van der Waals surface area (Å²) in [7, 11) is 7.43. The first-order chi connectivity index (χ1) is 16.8. The van der Waals surface area contributed by atoms with Gasteiger partial charge < -0.3 is 0 Å². The van der Waals surface area contributed by atoms with Gasteiger partial charge in [-0.1, -0.05) is 84.1 Å². The van der Waals surface area contributed by atoms with Crippen molar-refractivity contribution in [2.45, 2.75) is 116 Å². The van der Waals surface area contributed by atoms with Crippen LogP contribution < -0.4 is 0 Å². The van der Waals surface area contributed by atoms with Crippen LogP contribution >= 0.6 is 21.7 Å². The van der Waals surface area contributed by atoms with E-state index in [-0.39, 0.29) is 0 Å². The van der Waals surface area contributed by atoms with Gasteiger partial charge in [-0.25, -0.2) is 0 Å². The molecule has 1 unspecified atom stereocenters. The van der Waals surface area contributed by atoms with Gasteiger partial charge in [-0.3, -0.25) is 0 Å². The SMILES string of the molecule is CC(C)CCC[C@@H](C)[C@H]1CC[C@H]2[C@@H]3C(c4ccc(SCl)cc4)C=C4CCCC[C@]4(C)[C@H]3CC[C@]12C. The molecule has 4 aliphatic rings. The number of hydrogen-bond donors (Lipinski definition) is 0. The summed E-state index contributed by atoms with van der Waals surface area (Å²) in [5.74, 6) is 5.77. The summed E-state index contributed by atoms with van der Waals surface area (Å²) in [4.78, 5) is 1.17. The van der Waals surface area contributed by atoms with E-state index >= 15 is 0 Å². The molecule has 1 aromatic rings. The van der Waals surface area contributed by atoms with Crippen LogP contribution in [0.4, 0.5) is 0 Å². The molecule has 0 radical (unpaired) electrons. The number of hydrogen-bond acceptors (Lipinski definition) is 1. The van der Waals surface area contributed by atoms with E-state index in [4.69, 9.17) is 10.7 Å². The predicted octanol–water partition coefficient (Wildman–Crippen LogP) is 11.1. The molecule has 0 nitrogen and oxygen atoms in total. The molecule has 3 saturated carbocycles. The van der Waals surface area contributed by atoms with Crippen LogP contribution in [-0.2, 0) is 0 Å². The monoisotopic (exact) mass is 512 g/mol. The first-order valence-corrected chi connectivity index (χ1v) is 16.5. The lowest BCUT2D eigenvalue weighted by Gasteiger charge is -2.60. The van der Waals surface area contributed by atoms with Crippen LogP contribution in [0, 0.1) is 46.3 Å². The van der Waals surface area contributed by atoms with Gasteiger partial charge in [0.05, 0.1) is 0 Å². The third-order valence-corrected chi connectivity index (χ3v) is 12.6. The zero-order valence-corrected chi connectivity index (χ0v) is 24.6. The van der Waals surface area contributed by atoms with Gasteiger partial charge in [0.2, 0.25) is 0 Å². The summed E-state index contributed by atoms with van der Waals surface area (Å²) < 4.78 is 0. The first-order valence-electron chi connectivity index (χ1n) is 14.9. The highest BCUT2D eigenvalue weighted by Crippen LogP contribution is 2.69. The van der Waals surface area contributed by atoms with Gasteiger partial charge in [-0.2, -0.15) is 0 Å². The highest BCUT2D eigenvalue weighted by molar-refractivity contribution is 8.21. The van der Waals surface area contributed by atoms with Crippen molar-refractivity contribution in [1.29, 1.82) is 0 Å². The van der Waals surface area contributed by atoms with Crippen LogP contribution in [0.5, 0.6) is 0 Å². The molecule has 4 aliphatic carbocycles. The standard InChI is InChI=1S/C33H49ClS/c1-22(2)9-8-10-23(3)28-16-17-29-31-27(24-12-14-26(35-34)15-13-24)21-25-11-6-7-19-32(25,4)30(31)18-20-33(28,29)5/h12-15,21-23,27-31H,6-11,16-20H2,1-5H3/t23-,27?,28-,29+,30+,31+,32+,33-/m1/s1. The molecule has 0 aliphatic heterocycles. The number of benzene rings is 1. The summed E-state index contributed by atoms with van der Waals surface area (Å²) >= 11 is 0. The van der Waals surface area contributed by atoms with Gasteiger partial charge in [-0.05, 0) is 131 Å². The Morgan fingerprint density at radius 2 is 1.71 bits per heavy atom. The number of rotatable bonds is 7. The molecule has 0 spiro atoms. The normalized spacial score (nSPS) is 39.5. The van der Waals surface area contributed by atoms with Gasteiger partial charge in [0, 0.05) is 10.8 Å². The summed E-state index contributed by atoms with van der Waals surface area (Å²) in [5, 5.41) is 0. The lowest BCUT2D eigenvalue weighted by atomic mass is 9.44. The average molecular weight is 513 g/mol. The Balaban J connectivity index is 1.47. The first kappa shape index (κ1) is 26.2. The van der Waals surface area contributed by atoms with Crippen molar-refractivity contribution in [3.8, 4) is 0 Å². The predicted molar refractivity (Wildman–Crippen MR) is 154 cm³/mol. The van der Waals surface area contributed by atoms with Crippen LogP contribution in [0.15, 0.2) is 40.8 Å². The zero-order chi connectivity index (χ0) is 24.8. The molecule has 0 N–H and O–H groups in total. The Kier molecular flexibility index (Phi) is 7.79. The van der Waals surface area contributed by atoms with Crippen LogP contribution in [0.2, 0.25) is 0 Å². The highest BCUT2D eigenvalue weighted by Gasteiger charge is 2.60. The van der Waals surface area contributed by atoms with E-state index in [0.717, 1.165) is 35.5 Å². The summed E-state index contributed by atoms with van der Waals surface area (Å²) in [6.45, 7) is 12.8. The third kappa shape index (κ3) is 4.69. The van der Waals surface area contributed by atoms with E-state index in [1.54, 1.807) is 5.56 Å². The molecular weight excluding hydrogens is 464 g/mol. The summed E-state index contributed by atoms with van der Waals surface area (Å²) in [6.07, 6.45) is 18.5. The second-order valence-corrected chi connectivity index (χ2v) is 14.9. The van der Waals surface area contributed by atoms with Gasteiger partial charge in [-0.15, -0.1) is 0 Å². The van der Waals surface area contributed by atoms with Gasteiger partial charge >= 0.3 is 0 Å². The van der Waals surface area contributed by atoms with Crippen molar-refractivity contribution < 1.29 is 0 Å². The molecule has 3 fully saturated rings. The van der Waals surface area contributed by atoms with E-state index in [1.165, 1.54) is 86.5 Å². The van der Waals surface area contributed by atoms with Gasteiger partial charge in [0.15, 0.2) is 0 Å². The molecule has 0 saturated heterocycles. The second-order valence-electron chi connectivity index (χ2n) is 13.8. The fourth-order valence-electron chi connectivity index (χ4n) is 9.80. The molecule has 194 valence electrons. The van der Waals surface area contributed by atoms with Crippen molar-refractivity contribution in [3.05, 3.63) is 41.5 Å². The minimum atomic E-state index is 0.452. The van der Waals surface area contributed by atoms with Crippen molar-refractivity contribution in [2.24, 2.45) is 46.3 Å². The molecule has 0 aromatic heterocycles. The Labute approximate surface area is 225 Å². The number of halogens is 1. The maximum absolute atomic E-state index is 6.08. The average Bonchev–Trinajstić information content (AvgIpc) is 3.20. The van der Waals surface area contributed by atoms with Crippen molar-refractivity contribution >= 4 is 21.7 Å². The van der Waals surface area contributed by atoms with Crippen LogP contribution in [0.1, 0.15) is 117 Å². The Bertz CT molecular complexity index is 902. The van der Waals surface area contributed by atoms with E-state index in [9.17, 15) is 0 Å². The minimum Gasteiger partial charge on any atom is -0.0769 e. The molecule has 0 bridgehead atoms. The number of allylic oxidation sites excluding steroid dienone is 2. The lowest BCUT2D eigenvalue weighted by molar-refractivity contribution is -0.0576. The van der Waals surface area contributed by atoms with E-state index in [0.29, 0.717) is 16.7 Å². The Hall–Kier alpha value is -0.400. The van der Waals surface area contributed by atoms with Crippen molar-refractivity contribution in [2.75, 3.05) is 0 Å². The Morgan fingerprint density at radius 3 is 2.43 bits per heavy atom. The molecule has 1 aromatic carbocycles. The van der Waals surface area contributed by atoms with E-state index in [1.807, 2.05) is 5.57 Å². The molecule has 2 heteroatoms. The smallest absolute Gasteiger partial charge is 0.0233 e. The molecule has 5 rings (SSSR count). The quantitative estimate of drug-likeness (QED) is 0.327. The fraction of sp³-hybridized carbons (Fsp3) is 0.758. The van der Waals surface area contributed by atoms with E-state index in [2.05, 4.69) is 65.0 Å². The van der Waals surface area contributed by atoms with E-state index < -0.39 is 0 Å². The maximum atomic E-state index is 6.08. The van der Waals surface area contributed by atoms with Gasteiger partial charge in [0.1, 0.15) is 0 Å². The van der Waals surface area contributed by atoms with Crippen LogP contribution in [0.25, 0.3) is 0 Å². The summed E-state index contributed by atoms with van der Waals surface area (Å²) in [5.41, 5.74) is 4.34. The summed E-state index contributed by atoms with van der Waals surface area (Å²) in [6, 6.07) is 9.32. The molecular formula is C33H49ClS.